The first-order valence-corrected chi connectivity index (χ1v) is 9.67. The van der Waals surface area contributed by atoms with Crippen molar-refractivity contribution in [3.63, 3.8) is 0 Å². The molecule has 4 rings (SSSR count). The highest BCUT2D eigenvalue weighted by atomic mass is 16.5. The molecule has 4 atom stereocenters. The molecule has 0 heterocycles. The Hall–Kier alpha value is -3.28. The fourth-order valence-corrected chi connectivity index (χ4v) is 4.34. The van der Waals surface area contributed by atoms with Crippen molar-refractivity contribution in [2.45, 2.75) is 6.42 Å². The van der Waals surface area contributed by atoms with E-state index in [1.54, 1.807) is 62.8 Å². The number of amides is 2. The lowest BCUT2D eigenvalue weighted by Gasteiger charge is -2.26. The molecule has 0 spiro atoms. The quantitative estimate of drug-likeness (QED) is 0.735. The molecule has 4 unspecified atom stereocenters. The first-order valence-electron chi connectivity index (χ1n) is 9.67. The lowest BCUT2D eigenvalue weighted by atomic mass is 9.81. The number of carbonyl (C=O) groups excluding carboxylic acids is 2. The van der Waals surface area contributed by atoms with Crippen molar-refractivity contribution in [2.24, 2.45) is 23.7 Å². The zero-order valence-corrected chi connectivity index (χ0v) is 16.4. The molecule has 2 aromatic carbocycles. The monoisotopic (exact) mass is 392 g/mol. The van der Waals surface area contributed by atoms with Crippen LogP contribution in [-0.4, -0.2) is 26.0 Å². The number of fused-ring (bicyclic) bond motifs is 2. The van der Waals surface area contributed by atoms with Gasteiger partial charge in [0.15, 0.2) is 0 Å². The summed E-state index contributed by atoms with van der Waals surface area (Å²) in [6.45, 7) is 0. The van der Waals surface area contributed by atoms with E-state index in [0.29, 0.717) is 11.4 Å². The molecule has 2 aromatic rings. The van der Waals surface area contributed by atoms with E-state index in [1.165, 1.54) is 0 Å². The summed E-state index contributed by atoms with van der Waals surface area (Å²) in [5.74, 6) is 0.611. The molecule has 6 heteroatoms. The van der Waals surface area contributed by atoms with E-state index in [0.717, 1.165) is 17.9 Å². The predicted octanol–water partition coefficient (Wildman–Crippen LogP) is 3.72. The summed E-state index contributed by atoms with van der Waals surface area (Å²) in [5.41, 5.74) is 1.38. The number of ether oxygens (including phenoxy) is 2. The third-order valence-electron chi connectivity index (χ3n) is 5.78. The summed E-state index contributed by atoms with van der Waals surface area (Å²) in [6, 6.07) is 14.4. The molecule has 2 bridgehead atoms. The zero-order chi connectivity index (χ0) is 20.4. The van der Waals surface area contributed by atoms with E-state index in [1.807, 2.05) is 0 Å². The highest BCUT2D eigenvalue weighted by Gasteiger charge is 2.51. The fourth-order valence-electron chi connectivity index (χ4n) is 4.34. The second-order valence-corrected chi connectivity index (χ2v) is 7.44. The number of rotatable bonds is 6. The number of carbonyl (C=O) groups is 2. The van der Waals surface area contributed by atoms with E-state index >= 15 is 0 Å². The normalized spacial score (nSPS) is 24.2. The molecule has 1 fully saturated rings. The van der Waals surface area contributed by atoms with Crippen LogP contribution in [0.5, 0.6) is 11.5 Å². The van der Waals surface area contributed by atoms with Gasteiger partial charge in [0.05, 0.1) is 26.1 Å². The Labute approximate surface area is 169 Å². The van der Waals surface area contributed by atoms with Crippen LogP contribution in [0.1, 0.15) is 6.42 Å². The molecule has 2 aliphatic rings. The minimum atomic E-state index is -0.384. The number of hydrogen-bond donors (Lipinski definition) is 2. The van der Waals surface area contributed by atoms with Gasteiger partial charge in [0.2, 0.25) is 11.8 Å². The standard InChI is InChI=1S/C23H24N2O4/c1-28-18-9-5-16(6-10-18)24-22(26)20-14-3-4-15(13-14)21(20)23(27)25-17-7-11-19(29-2)12-8-17/h3-12,14-15,20-21H,13H2,1-2H3,(H,24,26)(H,25,27). The molecule has 1 saturated carbocycles. The topological polar surface area (TPSA) is 76.7 Å². The Morgan fingerprint density at radius 3 is 1.45 bits per heavy atom. The van der Waals surface area contributed by atoms with Crippen LogP contribution in [0.25, 0.3) is 0 Å². The van der Waals surface area contributed by atoms with Crippen LogP contribution < -0.4 is 20.1 Å². The Morgan fingerprint density at radius 1 is 0.724 bits per heavy atom. The molecule has 0 aromatic heterocycles. The Morgan fingerprint density at radius 2 is 1.10 bits per heavy atom. The van der Waals surface area contributed by atoms with E-state index < -0.39 is 0 Å². The molecule has 0 radical (unpaired) electrons. The molecule has 0 saturated heterocycles. The lowest BCUT2D eigenvalue weighted by Crippen LogP contribution is -2.39. The third-order valence-corrected chi connectivity index (χ3v) is 5.78. The number of anilines is 2. The van der Waals surface area contributed by atoms with Crippen LogP contribution in [0.15, 0.2) is 60.7 Å². The second-order valence-electron chi connectivity index (χ2n) is 7.44. The molecule has 2 amide bonds. The average Bonchev–Trinajstić information content (AvgIpc) is 3.36. The summed E-state index contributed by atoms with van der Waals surface area (Å²) in [4.78, 5) is 26.1. The van der Waals surface area contributed by atoms with Gasteiger partial charge < -0.3 is 20.1 Å². The molecule has 0 aliphatic heterocycles. The number of hydrogen-bond acceptors (Lipinski definition) is 4. The highest BCUT2D eigenvalue weighted by Crippen LogP contribution is 2.48. The maximum atomic E-state index is 13.0. The van der Waals surface area contributed by atoms with Crippen LogP contribution in [0.2, 0.25) is 0 Å². The van der Waals surface area contributed by atoms with Gasteiger partial charge in [-0.05, 0) is 66.8 Å². The number of benzene rings is 2. The van der Waals surface area contributed by atoms with Gasteiger partial charge in [-0.15, -0.1) is 0 Å². The smallest absolute Gasteiger partial charge is 0.228 e. The largest absolute Gasteiger partial charge is 0.497 e. The van der Waals surface area contributed by atoms with Gasteiger partial charge in [0.1, 0.15) is 11.5 Å². The van der Waals surface area contributed by atoms with Crippen LogP contribution in [0, 0.1) is 23.7 Å². The van der Waals surface area contributed by atoms with Crippen molar-refractivity contribution >= 4 is 23.2 Å². The molecule has 29 heavy (non-hydrogen) atoms. The molecule has 2 N–H and O–H groups in total. The van der Waals surface area contributed by atoms with Gasteiger partial charge in [-0.1, -0.05) is 12.2 Å². The van der Waals surface area contributed by atoms with Crippen molar-refractivity contribution in [3.05, 3.63) is 60.7 Å². The highest BCUT2D eigenvalue weighted by molar-refractivity contribution is 6.01. The number of allylic oxidation sites excluding steroid dienone is 2. The Bertz CT molecular complexity index is 845. The minimum Gasteiger partial charge on any atom is -0.497 e. The van der Waals surface area contributed by atoms with Gasteiger partial charge in [0, 0.05) is 11.4 Å². The van der Waals surface area contributed by atoms with E-state index in [2.05, 4.69) is 22.8 Å². The first-order chi connectivity index (χ1) is 14.1. The van der Waals surface area contributed by atoms with Gasteiger partial charge in [-0.3, -0.25) is 9.59 Å². The maximum absolute atomic E-state index is 13.0. The summed E-state index contributed by atoms with van der Waals surface area (Å²) in [6.07, 6.45) is 4.97. The summed E-state index contributed by atoms with van der Waals surface area (Å²) < 4.78 is 10.3. The zero-order valence-electron chi connectivity index (χ0n) is 16.4. The summed E-state index contributed by atoms with van der Waals surface area (Å²) in [7, 11) is 3.20. The van der Waals surface area contributed by atoms with Crippen molar-refractivity contribution in [1.82, 2.24) is 0 Å². The van der Waals surface area contributed by atoms with E-state index in [-0.39, 0.29) is 35.5 Å². The van der Waals surface area contributed by atoms with Crippen LogP contribution in [-0.2, 0) is 9.59 Å². The van der Waals surface area contributed by atoms with Crippen LogP contribution in [0.3, 0.4) is 0 Å². The van der Waals surface area contributed by atoms with E-state index in [9.17, 15) is 9.59 Å². The van der Waals surface area contributed by atoms with Crippen molar-refractivity contribution in [3.8, 4) is 11.5 Å². The summed E-state index contributed by atoms with van der Waals surface area (Å²) in [5, 5.41) is 5.92. The van der Waals surface area contributed by atoms with Crippen LogP contribution in [0.4, 0.5) is 11.4 Å². The van der Waals surface area contributed by atoms with Gasteiger partial charge >= 0.3 is 0 Å². The van der Waals surface area contributed by atoms with Crippen LogP contribution >= 0.6 is 0 Å². The molecule has 2 aliphatic carbocycles. The fraction of sp³-hybridized carbons (Fsp3) is 0.304. The SMILES string of the molecule is COc1ccc(NC(=O)C2C3C=CC(C3)C2C(=O)Nc2ccc(OC)cc2)cc1. The average molecular weight is 392 g/mol. The van der Waals surface area contributed by atoms with Crippen molar-refractivity contribution in [1.29, 1.82) is 0 Å². The van der Waals surface area contributed by atoms with Gasteiger partial charge in [0.25, 0.3) is 0 Å². The predicted molar refractivity (Wildman–Crippen MR) is 111 cm³/mol. The number of nitrogens with one attached hydrogen (secondary N) is 2. The molecular formula is C23H24N2O4. The molecular weight excluding hydrogens is 368 g/mol. The maximum Gasteiger partial charge on any atom is 0.228 e. The first kappa shape index (κ1) is 19.1. The second kappa shape index (κ2) is 7.99. The van der Waals surface area contributed by atoms with Crippen molar-refractivity contribution < 1.29 is 19.1 Å². The lowest BCUT2D eigenvalue weighted by molar-refractivity contribution is -0.129. The Kier molecular flexibility index (Phi) is 5.25. The molecule has 150 valence electrons. The summed E-state index contributed by atoms with van der Waals surface area (Å²) >= 11 is 0. The van der Waals surface area contributed by atoms with Gasteiger partial charge in [-0.2, -0.15) is 0 Å². The third kappa shape index (κ3) is 3.83. The number of methoxy groups -OCH3 is 2. The Balaban J connectivity index is 1.48. The van der Waals surface area contributed by atoms with Gasteiger partial charge in [-0.25, -0.2) is 0 Å². The van der Waals surface area contributed by atoms with Crippen molar-refractivity contribution in [2.75, 3.05) is 24.9 Å². The molecule has 6 nitrogen and oxygen atoms in total. The van der Waals surface area contributed by atoms with E-state index in [4.69, 9.17) is 9.47 Å². The minimum absolute atomic E-state index is 0.0878.